The van der Waals surface area contributed by atoms with Crippen molar-refractivity contribution in [2.75, 3.05) is 6.61 Å². The number of nitrogens with two attached hydrogens (primary N) is 1. The van der Waals surface area contributed by atoms with E-state index in [-0.39, 0.29) is 24.6 Å². The molecule has 0 heterocycles. The fourth-order valence-electron chi connectivity index (χ4n) is 1.27. The second-order valence-corrected chi connectivity index (χ2v) is 3.35. The molecule has 2 N–H and O–H groups in total. The van der Waals surface area contributed by atoms with Crippen LogP contribution in [0.4, 0.5) is 13.2 Å². The first kappa shape index (κ1) is 17.5. The molecule has 0 saturated heterocycles. The van der Waals surface area contributed by atoms with E-state index in [2.05, 4.69) is 9.47 Å². The van der Waals surface area contributed by atoms with Crippen molar-refractivity contribution in [3.8, 4) is 5.75 Å². The van der Waals surface area contributed by atoms with Crippen LogP contribution in [0.25, 0.3) is 0 Å². The van der Waals surface area contributed by atoms with Crippen LogP contribution in [0.3, 0.4) is 0 Å². The molecule has 1 atom stereocenters. The Balaban J connectivity index is 0.00000324. The number of esters is 1. The molecule has 1 rings (SSSR count). The van der Waals surface area contributed by atoms with E-state index in [0.29, 0.717) is 0 Å². The lowest BCUT2D eigenvalue weighted by atomic mass is 10.1. The van der Waals surface area contributed by atoms with Crippen LogP contribution in [-0.4, -0.2) is 18.9 Å². The summed E-state index contributed by atoms with van der Waals surface area (Å²) >= 11 is 0. The largest absolute Gasteiger partial charge is 0.573 e. The summed E-state index contributed by atoms with van der Waals surface area (Å²) in [6.45, 7) is 1.75. The molecule has 0 aliphatic heterocycles. The Bertz CT molecular complexity index is 426. The van der Waals surface area contributed by atoms with Gasteiger partial charge in [0.2, 0.25) is 0 Å². The molecule has 8 heteroatoms. The molecular weight excluding hydrogens is 287 g/mol. The van der Waals surface area contributed by atoms with Crippen LogP contribution < -0.4 is 10.5 Å². The van der Waals surface area contributed by atoms with Crippen molar-refractivity contribution in [2.24, 2.45) is 5.73 Å². The Morgan fingerprint density at radius 3 is 2.58 bits per heavy atom. The molecule has 0 aliphatic carbocycles. The highest BCUT2D eigenvalue weighted by atomic mass is 35.5. The third-order valence-electron chi connectivity index (χ3n) is 1.99. The van der Waals surface area contributed by atoms with Crippen LogP contribution in [0.15, 0.2) is 24.3 Å². The number of halogens is 4. The maximum Gasteiger partial charge on any atom is 0.573 e. The highest BCUT2D eigenvalue weighted by Gasteiger charge is 2.31. The van der Waals surface area contributed by atoms with E-state index in [9.17, 15) is 18.0 Å². The number of hydrogen-bond acceptors (Lipinski definition) is 4. The van der Waals surface area contributed by atoms with E-state index in [1.54, 1.807) is 6.92 Å². The van der Waals surface area contributed by atoms with Crippen molar-refractivity contribution in [1.29, 1.82) is 0 Å². The first-order valence-electron chi connectivity index (χ1n) is 5.11. The highest BCUT2D eigenvalue weighted by molar-refractivity contribution is 5.85. The summed E-state index contributed by atoms with van der Waals surface area (Å²) < 4.78 is 44.4. The maximum absolute atomic E-state index is 12.0. The van der Waals surface area contributed by atoms with E-state index >= 15 is 0 Å². The van der Waals surface area contributed by atoms with Crippen molar-refractivity contribution in [3.05, 3.63) is 29.8 Å². The molecule has 0 aromatic heterocycles. The topological polar surface area (TPSA) is 61.5 Å². The minimum Gasteiger partial charge on any atom is -0.465 e. The predicted octanol–water partition coefficient (Wildman–Crippen LogP) is 2.57. The number of hydrogen-bond donors (Lipinski definition) is 1. The summed E-state index contributed by atoms with van der Waals surface area (Å²) in [5, 5.41) is 0. The molecule has 1 aromatic carbocycles. The van der Waals surface area contributed by atoms with Crippen molar-refractivity contribution in [3.63, 3.8) is 0 Å². The average Bonchev–Trinajstić information content (AvgIpc) is 2.26. The summed E-state index contributed by atoms with van der Waals surface area (Å²) in [5.41, 5.74) is 5.74. The molecule has 0 bridgehead atoms. The number of benzene rings is 1. The Kier molecular flexibility index (Phi) is 6.64. The number of rotatable bonds is 4. The van der Waals surface area contributed by atoms with Gasteiger partial charge in [-0.05, 0) is 24.6 Å². The summed E-state index contributed by atoms with van der Waals surface area (Å²) in [7, 11) is 0. The van der Waals surface area contributed by atoms with Gasteiger partial charge in [0, 0.05) is 0 Å². The van der Waals surface area contributed by atoms with Gasteiger partial charge >= 0.3 is 12.3 Å². The zero-order valence-corrected chi connectivity index (χ0v) is 10.8. The molecule has 108 valence electrons. The zero-order chi connectivity index (χ0) is 13.8. The van der Waals surface area contributed by atoms with E-state index in [1.807, 2.05) is 0 Å². The van der Waals surface area contributed by atoms with Gasteiger partial charge in [-0.1, -0.05) is 12.1 Å². The molecule has 0 fully saturated rings. The average molecular weight is 300 g/mol. The molecule has 1 unspecified atom stereocenters. The maximum atomic E-state index is 12.0. The Hall–Kier alpha value is -1.47. The number of carbonyl (C=O) groups is 1. The van der Waals surface area contributed by atoms with Gasteiger partial charge in [0.15, 0.2) is 0 Å². The molecule has 0 radical (unpaired) electrons. The SMILES string of the molecule is CCOC(=O)C(N)c1cccc(OC(F)(F)F)c1.Cl. The van der Waals surface area contributed by atoms with Crippen LogP contribution in [0.2, 0.25) is 0 Å². The van der Waals surface area contributed by atoms with E-state index in [0.717, 1.165) is 12.1 Å². The van der Waals surface area contributed by atoms with E-state index < -0.39 is 24.1 Å². The van der Waals surface area contributed by atoms with Gasteiger partial charge in [0.25, 0.3) is 0 Å². The molecule has 0 saturated carbocycles. The lowest BCUT2D eigenvalue weighted by molar-refractivity contribution is -0.274. The van der Waals surface area contributed by atoms with Gasteiger partial charge in [-0.15, -0.1) is 25.6 Å². The van der Waals surface area contributed by atoms with E-state index in [1.165, 1.54) is 12.1 Å². The summed E-state index contributed by atoms with van der Waals surface area (Å²) in [4.78, 5) is 11.3. The molecule has 19 heavy (non-hydrogen) atoms. The monoisotopic (exact) mass is 299 g/mol. The molecular formula is C11H13ClF3NO3. The van der Waals surface area contributed by atoms with Crippen molar-refractivity contribution in [1.82, 2.24) is 0 Å². The standard InChI is InChI=1S/C11H12F3NO3.ClH/c1-2-17-10(16)9(15)7-4-3-5-8(6-7)18-11(12,13)14;/h3-6,9H,2,15H2,1H3;1H. The lowest BCUT2D eigenvalue weighted by Crippen LogP contribution is -2.24. The van der Waals surface area contributed by atoms with E-state index in [4.69, 9.17) is 5.73 Å². The number of ether oxygens (including phenoxy) is 2. The predicted molar refractivity (Wildman–Crippen MR) is 63.9 cm³/mol. The van der Waals surface area contributed by atoms with Crippen molar-refractivity contribution < 1.29 is 27.4 Å². The smallest absolute Gasteiger partial charge is 0.465 e. The Morgan fingerprint density at radius 1 is 1.42 bits per heavy atom. The first-order valence-corrected chi connectivity index (χ1v) is 5.11. The lowest BCUT2D eigenvalue weighted by Gasteiger charge is -2.13. The van der Waals surface area contributed by atoms with Gasteiger partial charge in [-0.25, -0.2) is 4.79 Å². The molecule has 0 spiro atoms. The normalized spacial score (nSPS) is 12.3. The second-order valence-electron chi connectivity index (χ2n) is 3.35. The quantitative estimate of drug-likeness (QED) is 0.868. The molecule has 0 amide bonds. The summed E-state index contributed by atoms with van der Waals surface area (Å²) in [6, 6.07) is 3.77. The van der Waals surface area contributed by atoms with Gasteiger partial charge in [0.1, 0.15) is 11.8 Å². The van der Waals surface area contributed by atoms with Crippen LogP contribution >= 0.6 is 12.4 Å². The number of carbonyl (C=O) groups excluding carboxylic acids is 1. The second kappa shape index (κ2) is 7.20. The highest BCUT2D eigenvalue weighted by Crippen LogP contribution is 2.25. The fourth-order valence-corrected chi connectivity index (χ4v) is 1.27. The molecule has 0 aliphatic rings. The minimum absolute atomic E-state index is 0. The minimum atomic E-state index is -4.79. The Morgan fingerprint density at radius 2 is 2.05 bits per heavy atom. The van der Waals surface area contributed by atoms with Crippen LogP contribution in [0.1, 0.15) is 18.5 Å². The molecule has 4 nitrogen and oxygen atoms in total. The fraction of sp³-hybridized carbons (Fsp3) is 0.364. The first-order chi connectivity index (χ1) is 8.33. The molecule has 1 aromatic rings. The summed E-state index contributed by atoms with van der Waals surface area (Å²) in [6.07, 6.45) is -4.79. The third-order valence-corrected chi connectivity index (χ3v) is 1.99. The third kappa shape index (κ3) is 5.80. The Labute approximate surface area is 114 Å². The zero-order valence-electron chi connectivity index (χ0n) is 9.94. The van der Waals surface area contributed by atoms with Crippen LogP contribution in [0, 0.1) is 0 Å². The van der Waals surface area contributed by atoms with Crippen molar-refractivity contribution >= 4 is 18.4 Å². The van der Waals surface area contributed by atoms with Crippen LogP contribution in [0.5, 0.6) is 5.75 Å². The number of alkyl halides is 3. The van der Waals surface area contributed by atoms with Gasteiger partial charge in [-0.2, -0.15) is 0 Å². The van der Waals surface area contributed by atoms with Gasteiger partial charge in [0.05, 0.1) is 6.61 Å². The van der Waals surface area contributed by atoms with Gasteiger partial charge < -0.3 is 15.2 Å². The summed E-state index contributed by atoms with van der Waals surface area (Å²) in [5.74, 6) is -1.14. The van der Waals surface area contributed by atoms with Gasteiger partial charge in [-0.3, -0.25) is 0 Å². The van der Waals surface area contributed by atoms with Crippen LogP contribution in [-0.2, 0) is 9.53 Å². The van der Waals surface area contributed by atoms with Crippen molar-refractivity contribution in [2.45, 2.75) is 19.3 Å².